The molecule has 0 amide bonds. The molecular formula is C7H12ClO. The molecule has 53 valence electrons. The number of ether oxygens (including phenoxy) is 1. The van der Waals surface area contributed by atoms with E-state index in [0.29, 0.717) is 6.42 Å². The van der Waals surface area contributed by atoms with Crippen LogP contribution in [0, 0.1) is 6.92 Å². The third-order valence-corrected chi connectivity index (χ3v) is 2.17. The Morgan fingerprint density at radius 1 is 1.56 bits per heavy atom. The average molecular weight is 148 g/mol. The molecule has 1 radical (unpaired) electrons. The highest BCUT2D eigenvalue weighted by Gasteiger charge is 2.27. The first-order chi connectivity index (χ1) is 4.27. The van der Waals surface area contributed by atoms with E-state index in [1.165, 1.54) is 6.42 Å². The van der Waals surface area contributed by atoms with Crippen LogP contribution in [0.15, 0.2) is 0 Å². The molecule has 1 heterocycles. The van der Waals surface area contributed by atoms with E-state index in [2.05, 4.69) is 6.92 Å². The van der Waals surface area contributed by atoms with Gasteiger partial charge in [0.2, 0.25) is 0 Å². The van der Waals surface area contributed by atoms with Gasteiger partial charge in [-0.3, -0.25) is 0 Å². The maximum Gasteiger partial charge on any atom is 0.141 e. The van der Waals surface area contributed by atoms with Gasteiger partial charge in [-0.25, -0.2) is 0 Å². The predicted molar refractivity (Wildman–Crippen MR) is 38.4 cm³/mol. The molecule has 9 heavy (non-hydrogen) atoms. The lowest BCUT2D eigenvalue weighted by atomic mass is 10.1. The van der Waals surface area contributed by atoms with Crippen LogP contribution in [-0.2, 0) is 4.74 Å². The van der Waals surface area contributed by atoms with Crippen molar-refractivity contribution in [2.75, 3.05) is 6.61 Å². The summed E-state index contributed by atoms with van der Waals surface area (Å²) in [4.78, 5) is 0. The van der Waals surface area contributed by atoms with Crippen molar-refractivity contribution in [1.29, 1.82) is 0 Å². The molecule has 0 saturated carbocycles. The van der Waals surface area contributed by atoms with Gasteiger partial charge in [0, 0.05) is 6.61 Å². The molecule has 1 aliphatic rings. The van der Waals surface area contributed by atoms with Crippen molar-refractivity contribution in [3.63, 3.8) is 0 Å². The number of hydrogen-bond donors (Lipinski definition) is 0. The second-order valence-electron chi connectivity index (χ2n) is 2.44. The third kappa shape index (κ3) is 1.84. The topological polar surface area (TPSA) is 9.23 Å². The summed E-state index contributed by atoms with van der Waals surface area (Å²) in [5.41, 5.74) is 0. The quantitative estimate of drug-likeness (QED) is 0.518. The second kappa shape index (κ2) is 2.89. The minimum Gasteiger partial charge on any atom is -0.360 e. The van der Waals surface area contributed by atoms with E-state index in [9.17, 15) is 0 Å². The lowest BCUT2D eigenvalue weighted by Gasteiger charge is -2.29. The SMILES string of the molecule is [CH2]CC1(Cl)CCCCO1. The molecular weight excluding hydrogens is 136 g/mol. The van der Waals surface area contributed by atoms with Gasteiger partial charge in [0.15, 0.2) is 0 Å². The minimum absolute atomic E-state index is 0.418. The van der Waals surface area contributed by atoms with Gasteiger partial charge in [-0.2, -0.15) is 0 Å². The number of alkyl halides is 1. The smallest absolute Gasteiger partial charge is 0.141 e. The average Bonchev–Trinajstić information content (AvgIpc) is 1.90. The van der Waals surface area contributed by atoms with Gasteiger partial charge in [-0.05, 0) is 32.6 Å². The number of halogens is 1. The van der Waals surface area contributed by atoms with Crippen molar-refractivity contribution in [1.82, 2.24) is 0 Å². The lowest BCUT2D eigenvalue weighted by Crippen LogP contribution is -2.28. The maximum absolute atomic E-state index is 5.97. The Balaban J connectivity index is 2.37. The van der Waals surface area contributed by atoms with Crippen molar-refractivity contribution < 1.29 is 4.74 Å². The number of hydrogen-bond acceptors (Lipinski definition) is 1. The molecule has 1 fully saturated rings. The third-order valence-electron chi connectivity index (χ3n) is 1.68. The van der Waals surface area contributed by atoms with Gasteiger partial charge in [0.1, 0.15) is 5.06 Å². The Bertz CT molecular complexity index is 86.9. The summed E-state index contributed by atoms with van der Waals surface area (Å²) in [6.45, 7) is 4.53. The molecule has 1 unspecified atom stereocenters. The van der Waals surface area contributed by atoms with E-state index >= 15 is 0 Å². The zero-order chi connectivity index (χ0) is 6.74. The highest BCUT2D eigenvalue weighted by molar-refractivity contribution is 6.22. The van der Waals surface area contributed by atoms with Crippen molar-refractivity contribution in [2.45, 2.75) is 30.7 Å². The van der Waals surface area contributed by atoms with Crippen LogP contribution in [0.4, 0.5) is 0 Å². The zero-order valence-electron chi connectivity index (χ0n) is 5.53. The Hall–Kier alpha value is 0.250. The molecule has 0 spiro atoms. The van der Waals surface area contributed by atoms with Gasteiger partial charge < -0.3 is 4.74 Å². The molecule has 0 aromatic rings. The van der Waals surface area contributed by atoms with Crippen LogP contribution < -0.4 is 0 Å². The fourth-order valence-electron chi connectivity index (χ4n) is 1.02. The van der Waals surface area contributed by atoms with Crippen LogP contribution in [0.3, 0.4) is 0 Å². The summed E-state index contributed by atoms with van der Waals surface area (Å²) >= 11 is 5.97. The van der Waals surface area contributed by atoms with Crippen LogP contribution in [0.5, 0.6) is 0 Å². The molecule has 0 aliphatic carbocycles. The predicted octanol–water partition coefficient (Wildman–Crippen LogP) is 2.35. The van der Waals surface area contributed by atoms with E-state index in [1.807, 2.05) is 0 Å². The number of rotatable bonds is 1. The Kier molecular flexibility index (Phi) is 2.36. The van der Waals surface area contributed by atoms with E-state index in [0.717, 1.165) is 19.4 Å². The fraction of sp³-hybridized carbons (Fsp3) is 0.857. The largest absolute Gasteiger partial charge is 0.360 e. The van der Waals surface area contributed by atoms with Gasteiger partial charge in [-0.15, -0.1) is 0 Å². The van der Waals surface area contributed by atoms with Crippen molar-refractivity contribution in [3.05, 3.63) is 6.92 Å². The summed E-state index contributed by atoms with van der Waals surface area (Å²) in [7, 11) is 0. The van der Waals surface area contributed by atoms with Gasteiger partial charge in [0.05, 0.1) is 0 Å². The summed E-state index contributed by atoms with van der Waals surface area (Å²) < 4.78 is 5.32. The van der Waals surface area contributed by atoms with E-state index in [4.69, 9.17) is 16.3 Å². The molecule has 1 rings (SSSR count). The van der Waals surface area contributed by atoms with Crippen LogP contribution in [-0.4, -0.2) is 11.7 Å². The molecule has 1 aliphatic heterocycles. The second-order valence-corrected chi connectivity index (χ2v) is 3.13. The minimum atomic E-state index is -0.418. The van der Waals surface area contributed by atoms with Gasteiger partial charge in [0.25, 0.3) is 0 Å². The van der Waals surface area contributed by atoms with Crippen molar-refractivity contribution in [2.24, 2.45) is 0 Å². The highest BCUT2D eigenvalue weighted by Crippen LogP contribution is 2.31. The van der Waals surface area contributed by atoms with Gasteiger partial charge >= 0.3 is 0 Å². The zero-order valence-corrected chi connectivity index (χ0v) is 6.28. The van der Waals surface area contributed by atoms with Gasteiger partial charge in [-0.1, -0.05) is 11.6 Å². The first-order valence-corrected chi connectivity index (χ1v) is 3.77. The van der Waals surface area contributed by atoms with Crippen LogP contribution in [0.25, 0.3) is 0 Å². The van der Waals surface area contributed by atoms with Crippen LogP contribution in [0.2, 0.25) is 0 Å². The van der Waals surface area contributed by atoms with E-state index in [-0.39, 0.29) is 0 Å². The first-order valence-electron chi connectivity index (χ1n) is 3.39. The summed E-state index contributed by atoms with van der Waals surface area (Å²) in [6, 6.07) is 0. The summed E-state index contributed by atoms with van der Waals surface area (Å²) in [5, 5.41) is -0.418. The summed E-state index contributed by atoms with van der Waals surface area (Å²) in [6.07, 6.45) is 3.96. The lowest BCUT2D eigenvalue weighted by molar-refractivity contribution is -0.0150. The summed E-state index contributed by atoms with van der Waals surface area (Å²) in [5.74, 6) is 0. The molecule has 1 saturated heterocycles. The van der Waals surface area contributed by atoms with Crippen LogP contribution in [0.1, 0.15) is 25.7 Å². The van der Waals surface area contributed by atoms with Crippen molar-refractivity contribution >= 4 is 11.6 Å². The van der Waals surface area contributed by atoms with Crippen molar-refractivity contribution in [3.8, 4) is 0 Å². The highest BCUT2D eigenvalue weighted by atomic mass is 35.5. The normalized spacial score (nSPS) is 36.7. The fourth-order valence-corrected chi connectivity index (χ4v) is 1.23. The molecule has 0 aromatic carbocycles. The maximum atomic E-state index is 5.97. The van der Waals surface area contributed by atoms with E-state index < -0.39 is 5.06 Å². The molecule has 0 aromatic heterocycles. The Labute approximate surface area is 61.3 Å². The first kappa shape index (κ1) is 7.36. The molecule has 0 N–H and O–H groups in total. The molecule has 2 heteroatoms. The van der Waals surface area contributed by atoms with E-state index in [1.54, 1.807) is 0 Å². The van der Waals surface area contributed by atoms with Crippen LogP contribution >= 0.6 is 11.6 Å². The monoisotopic (exact) mass is 147 g/mol. The standard InChI is InChI=1S/C7H12ClO/c1-2-7(8)5-3-4-6-9-7/h1-6H2. The molecule has 1 nitrogen and oxygen atoms in total. The Morgan fingerprint density at radius 2 is 2.33 bits per heavy atom. The molecule has 1 atom stereocenters. The molecule has 0 bridgehead atoms. The Morgan fingerprint density at radius 3 is 2.67 bits per heavy atom.